The molecule has 0 unspecified atom stereocenters. The van der Waals surface area contributed by atoms with E-state index < -0.39 is 5.82 Å². The zero-order valence-corrected chi connectivity index (χ0v) is 15.2. The highest BCUT2D eigenvalue weighted by atomic mass is 35.5. The molecule has 0 spiro atoms. The second-order valence-electron chi connectivity index (χ2n) is 5.35. The summed E-state index contributed by atoms with van der Waals surface area (Å²) in [7, 11) is 0. The maximum Gasteiger partial charge on any atom is 0.236 e. The lowest BCUT2D eigenvalue weighted by atomic mass is 10.2. The van der Waals surface area contributed by atoms with Crippen LogP contribution in [0, 0.1) is 5.82 Å². The lowest BCUT2D eigenvalue weighted by molar-refractivity contribution is -0.115. The van der Waals surface area contributed by atoms with E-state index in [1.807, 2.05) is 12.1 Å². The van der Waals surface area contributed by atoms with Crippen LogP contribution in [0.15, 0.2) is 53.1 Å². The van der Waals surface area contributed by atoms with Gasteiger partial charge < -0.3 is 9.84 Å². The number of nitrogens with one attached hydrogen (secondary N) is 1. The van der Waals surface area contributed by atoms with Gasteiger partial charge >= 0.3 is 0 Å². The van der Waals surface area contributed by atoms with Crippen molar-refractivity contribution in [3.05, 3.63) is 65.3 Å². The molecule has 0 aliphatic rings. The lowest BCUT2D eigenvalue weighted by Crippen LogP contribution is -2.13. The van der Waals surface area contributed by atoms with Crippen molar-refractivity contribution >= 4 is 35.0 Å². The van der Waals surface area contributed by atoms with E-state index in [1.54, 1.807) is 24.3 Å². The largest absolute Gasteiger partial charge is 0.338 e. The molecule has 3 aromatic rings. The number of nitrogens with zero attached hydrogens (tertiary/aromatic N) is 2. The van der Waals surface area contributed by atoms with Gasteiger partial charge in [-0.15, -0.1) is 0 Å². The smallest absolute Gasteiger partial charge is 0.236 e. The Balaban J connectivity index is 1.44. The van der Waals surface area contributed by atoms with Gasteiger partial charge in [0.25, 0.3) is 0 Å². The topological polar surface area (TPSA) is 68.0 Å². The lowest BCUT2D eigenvalue weighted by Gasteiger charge is -2.05. The third-order valence-corrected chi connectivity index (χ3v) is 4.58. The minimum absolute atomic E-state index is 0.186. The molecule has 1 N–H and O–H groups in total. The Labute approximate surface area is 158 Å². The number of hydrogen-bond acceptors (Lipinski definition) is 5. The van der Waals surface area contributed by atoms with E-state index in [1.165, 1.54) is 23.9 Å². The Hall–Kier alpha value is -2.38. The third kappa shape index (κ3) is 5.06. The van der Waals surface area contributed by atoms with Crippen molar-refractivity contribution in [2.75, 3.05) is 11.1 Å². The first-order valence-electron chi connectivity index (χ1n) is 7.82. The standard InChI is InChI=1S/C18H15ClFN3O2S/c19-13-5-3-4-12(10-13)18-22-17(25-23-18)11-26-9-8-16(24)21-15-7-2-1-6-14(15)20/h1-7,10H,8-9,11H2,(H,21,24). The van der Waals surface area contributed by atoms with Crippen molar-refractivity contribution in [3.8, 4) is 11.4 Å². The van der Waals surface area contributed by atoms with Gasteiger partial charge in [-0.2, -0.15) is 16.7 Å². The van der Waals surface area contributed by atoms with Crippen LogP contribution in [0.3, 0.4) is 0 Å². The molecule has 1 heterocycles. The van der Waals surface area contributed by atoms with Crippen LogP contribution in [0.4, 0.5) is 10.1 Å². The minimum Gasteiger partial charge on any atom is -0.338 e. The predicted molar refractivity (Wildman–Crippen MR) is 101 cm³/mol. The van der Waals surface area contributed by atoms with Crippen LogP contribution in [-0.2, 0) is 10.5 Å². The van der Waals surface area contributed by atoms with Crippen molar-refractivity contribution in [2.45, 2.75) is 12.2 Å². The van der Waals surface area contributed by atoms with E-state index in [0.717, 1.165) is 5.56 Å². The number of hydrogen-bond donors (Lipinski definition) is 1. The van der Waals surface area contributed by atoms with Gasteiger partial charge in [-0.25, -0.2) is 4.39 Å². The maximum atomic E-state index is 13.5. The number of halogens is 2. The van der Waals surface area contributed by atoms with E-state index in [4.69, 9.17) is 16.1 Å². The fourth-order valence-corrected chi connectivity index (χ4v) is 3.11. The summed E-state index contributed by atoms with van der Waals surface area (Å²) in [6, 6.07) is 13.3. The molecule has 1 amide bonds. The van der Waals surface area contributed by atoms with Crippen LogP contribution >= 0.6 is 23.4 Å². The van der Waals surface area contributed by atoms with Crippen LogP contribution in [0.1, 0.15) is 12.3 Å². The van der Waals surface area contributed by atoms with Gasteiger partial charge in [0.2, 0.25) is 17.6 Å². The molecule has 0 atom stereocenters. The molecule has 0 aliphatic carbocycles. The third-order valence-electron chi connectivity index (χ3n) is 3.40. The van der Waals surface area contributed by atoms with E-state index in [-0.39, 0.29) is 18.0 Å². The summed E-state index contributed by atoms with van der Waals surface area (Å²) in [4.78, 5) is 16.2. The predicted octanol–water partition coefficient (Wildman–Crippen LogP) is 4.79. The molecule has 0 saturated heterocycles. The second kappa shape index (κ2) is 8.82. The highest BCUT2D eigenvalue weighted by Gasteiger charge is 2.10. The number of rotatable bonds is 7. The molecular formula is C18H15ClFN3O2S. The number of para-hydroxylation sites is 1. The molecule has 2 aromatic carbocycles. The van der Waals surface area contributed by atoms with Crippen molar-refractivity contribution in [1.29, 1.82) is 0 Å². The monoisotopic (exact) mass is 391 g/mol. The first kappa shape index (κ1) is 18.4. The number of carbonyl (C=O) groups is 1. The Morgan fingerprint density at radius 3 is 2.88 bits per heavy atom. The summed E-state index contributed by atoms with van der Waals surface area (Å²) in [5.74, 6) is 1.29. The Bertz CT molecular complexity index is 903. The normalized spacial score (nSPS) is 10.7. The molecule has 26 heavy (non-hydrogen) atoms. The summed E-state index contributed by atoms with van der Waals surface area (Å²) in [6.45, 7) is 0. The number of amides is 1. The van der Waals surface area contributed by atoms with E-state index >= 15 is 0 Å². The maximum absolute atomic E-state index is 13.5. The quantitative estimate of drug-likeness (QED) is 0.586. The van der Waals surface area contributed by atoms with Crippen LogP contribution < -0.4 is 5.32 Å². The molecule has 0 saturated carbocycles. The van der Waals surface area contributed by atoms with Crippen LogP contribution in [0.5, 0.6) is 0 Å². The Morgan fingerprint density at radius 1 is 1.23 bits per heavy atom. The van der Waals surface area contributed by atoms with Crippen LogP contribution in [0.2, 0.25) is 5.02 Å². The molecule has 8 heteroatoms. The zero-order valence-electron chi connectivity index (χ0n) is 13.6. The minimum atomic E-state index is -0.451. The molecule has 134 valence electrons. The highest BCUT2D eigenvalue weighted by Crippen LogP contribution is 2.21. The zero-order chi connectivity index (χ0) is 18.4. The second-order valence-corrected chi connectivity index (χ2v) is 6.89. The summed E-state index contributed by atoms with van der Waals surface area (Å²) in [5.41, 5.74) is 0.965. The van der Waals surface area contributed by atoms with E-state index in [9.17, 15) is 9.18 Å². The highest BCUT2D eigenvalue weighted by molar-refractivity contribution is 7.98. The summed E-state index contributed by atoms with van der Waals surface area (Å²) >= 11 is 7.43. The number of carbonyl (C=O) groups excluding carboxylic acids is 1. The van der Waals surface area contributed by atoms with Gasteiger partial charge in [0, 0.05) is 22.8 Å². The van der Waals surface area contributed by atoms with Crippen molar-refractivity contribution in [2.24, 2.45) is 0 Å². The Kier molecular flexibility index (Phi) is 6.25. The summed E-state index contributed by atoms with van der Waals surface area (Å²) < 4.78 is 18.7. The molecular weight excluding hydrogens is 377 g/mol. The van der Waals surface area contributed by atoms with Crippen molar-refractivity contribution < 1.29 is 13.7 Å². The molecule has 0 aliphatic heterocycles. The van der Waals surface area contributed by atoms with Crippen LogP contribution in [-0.4, -0.2) is 21.8 Å². The molecule has 0 radical (unpaired) electrons. The number of aromatic nitrogens is 2. The summed E-state index contributed by atoms with van der Waals surface area (Å²) in [5, 5.41) is 7.08. The molecule has 1 aromatic heterocycles. The van der Waals surface area contributed by atoms with Gasteiger partial charge in [0.05, 0.1) is 11.4 Å². The molecule has 0 fully saturated rings. The van der Waals surface area contributed by atoms with E-state index in [2.05, 4.69) is 15.5 Å². The summed E-state index contributed by atoms with van der Waals surface area (Å²) in [6.07, 6.45) is 0.258. The van der Waals surface area contributed by atoms with Gasteiger partial charge in [-0.3, -0.25) is 4.79 Å². The fraction of sp³-hybridized carbons (Fsp3) is 0.167. The molecule has 5 nitrogen and oxygen atoms in total. The molecule has 0 bridgehead atoms. The number of thioether (sulfide) groups is 1. The van der Waals surface area contributed by atoms with Crippen molar-refractivity contribution in [3.63, 3.8) is 0 Å². The molecule has 3 rings (SSSR count). The Morgan fingerprint density at radius 2 is 2.08 bits per heavy atom. The average Bonchev–Trinajstić information content (AvgIpc) is 3.10. The van der Waals surface area contributed by atoms with E-state index in [0.29, 0.717) is 28.2 Å². The first-order valence-corrected chi connectivity index (χ1v) is 9.36. The number of anilines is 1. The van der Waals surface area contributed by atoms with Crippen LogP contribution in [0.25, 0.3) is 11.4 Å². The number of benzene rings is 2. The average molecular weight is 392 g/mol. The van der Waals surface area contributed by atoms with Gasteiger partial charge in [-0.1, -0.05) is 41.0 Å². The van der Waals surface area contributed by atoms with Gasteiger partial charge in [0.15, 0.2) is 0 Å². The fourth-order valence-electron chi connectivity index (χ4n) is 2.16. The SMILES string of the molecule is O=C(CCSCc1nc(-c2cccc(Cl)c2)no1)Nc1ccccc1F. The van der Waals surface area contributed by atoms with Crippen molar-refractivity contribution in [1.82, 2.24) is 10.1 Å². The van der Waals surface area contributed by atoms with Gasteiger partial charge in [-0.05, 0) is 24.3 Å². The first-order chi connectivity index (χ1) is 12.6. The van der Waals surface area contributed by atoms with Gasteiger partial charge in [0.1, 0.15) is 5.82 Å².